The highest BCUT2D eigenvalue weighted by molar-refractivity contribution is 5.99. The number of amides is 1. The maximum atomic E-state index is 12.3. The number of hydrogen-bond acceptors (Lipinski definition) is 9. The van der Waals surface area contributed by atoms with E-state index in [-0.39, 0.29) is 28.4 Å². The lowest BCUT2D eigenvalue weighted by Crippen LogP contribution is -2.37. The first kappa shape index (κ1) is 22.8. The lowest BCUT2D eigenvalue weighted by molar-refractivity contribution is 0.0960. The Kier molecular flexibility index (Phi) is 5.97. The first-order valence-electron chi connectivity index (χ1n) is 10.7. The maximum Gasteiger partial charge on any atom is 0.254 e. The molecule has 0 aliphatic heterocycles. The third-order valence-corrected chi connectivity index (χ3v) is 5.69. The predicted octanol–water partition coefficient (Wildman–Crippen LogP) is 3.52. The summed E-state index contributed by atoms with van der Waals surface area (Å²) in [4.78, 5) is 36.6. The first-order valence-corrected chi connectivity index (χ1v) is 10.7. The molecule has 2 heterocycles. The van der Waals surface area contributed by atoms with Gasteiger partial charge in [-0.05, 0) is 38.5 Å². The quantitative estimate of drug-likeness (QED) is 0.227. The van der Waals surface area contributed by atoms with Crippen LogP contribution in [0.25, 0.3) is 11.1 Å². The van der Waals surface area contributed by atoms with Crippen LogP contribution in [-0.4, -0.2) is 23.2 Å². The van der Waals surface area contributed by atoms with Crippen molar-refractivity contribution in [3.05, 3.63) is 73.8 Å². The number of phenolic OH excluding ortho intramolecular Hbond substituents is 1. The largest absolute Gasteiger partial charge is 0.505 e. The maximum absolute atomic E-state index is 12.3. The molecule has 0 radical (unpaired) electrons. The molecule has 2 aromatic heterocycles. The molecule has 0 spiro atoms. The van der Waals surface area contributed by atoms with E-state index in [9.17, 15) is 19.5 Å². The van der Waals surface area contributed by atoms with Gasteiger partial charge in [-0.25, -0.2) is 0 Å². The molecule has 10 heteroatoms. The molecule has 1 atom stereocenters. The number of carbonyl (C=O) groups excluding carboxylic acids is 1. The lowest BCUT2D eigenvalue weighted by atomic mass is 10.0. The molecule has 0 aliphatic carbocycles. The molecule has 1 unspecified atom stereocenters. The van der Waals surface area contributed by atoms with Gasteiger partial charge in [0.25, 0.3) is 16.8 Å². The molecule has 1 amide bonds. The van der Waals surface area contributed by atoms with E-state index in [1.165, 1.54) is 19.2 Å². The van der Waals surface area contributed by atoms with Crippen molar-refractivity contribution in [3.8, 4) is 16.9 Å². The van der Waals surface area contributed by atoms with E-state index in [2.05, 4.69) is 21.1 Å². The first-order chi connectivity index (χ1) is 16.3. The number of hydrogen-bond donors (Lipinski definition) is 4. The van der Waals surface area contributed by atoms with E-state index in [4.69, 9.17) is 8.94 Å². The van der Waals surface area contributed by atoms with Gasteiger partial charge in [-0.15, -0.1) is 0 Å². The Morgan fingerprint density at radius 3 is 2.56 bits per heavy atom. The third-order valence-electron chi connectivity index (χ3n) is 5.69. The Morgan fingerprint density at radius 2 is 1.91 bits per heavy atom. The fraction of sp³-hybridized carbons (Fsp3) is 0.250. The summed E-state index contributed by atoms with van der Waals surface area (Å²) in [5, 5.41) is 22.7. The number of nitrogens with one attached hydrogen (secondary N) is 3. The molecule has 10 nitrogen and oxygen atoms in total. The highest BCUT2D eigenvalue weighted by Gasteiger charge is 2.27. The lowest BCUT2D eigenvalue weighted by Gasteiger charge is -2.20. The topological polar surface area (TPSA) is 147 Å². The summed E-state index contributed by atoms with van der Waals surface area (Å²) in [6, 6.07) is 5.94. The van der Waals surface area contributed by atoms with Crippen LogP contribution in [0.2, 0.25) is 0 Å². The predicted molar refractivity (Wildman–Crippen MR) is 126 cm³/mol. The van der Waals surface area contributed by atoms with Crippen molar-refractivity contribution in [2.24, 2.45) is 0 Å². The SMILES string of the molecule is CCC(Nc1c(Nc2cccc(C(=O)NC)c2O)c(=O)c1=O)c1cc(-c2c(C)noc2C)co1. The van der Waals surface area contributed by atoms with Crippen LogP contribution in [0.5, 0.6) is 5.75 Å². The zero-order valence-electron chi connectivity index (χ0n) is 19.1. The van der Waals surface area contributed by atoms with Gasteiger partial charge in [0.15, 0.2) is 5.75 Å². The summed E-state index contributed by atoms with van der Waals surface area (Å²) in [5.41, 5.74) is 1.22. The van der Waals surface area contributed by atoms with E-state index < -0.39 is 22.8 Å². The molecule has 4 aromatic rings. The average Bonchev–Trinajstić information content (AvgIpc) is 3.44. The Hall–Kier alpha value is -4.34. The van der Waals surface area contributed by atoms with Gasteiger partial charge in [-0.2, -0.15) is 0 Å². The Bertz CT molecular complexity index is 1420. The van der Waals surface area contributed by atoms with E-state index in [1.54, 1.807) is 12.3 Å². The van der Waals surface area contributed by atoms with E-state index in [1.807, 2.05) is 26.8 Å². The van der Waals surface area contributed by atoms with Crippen molar-refractivity contribution in [2.45, 2.75) is 33.2 Å². The number of furan rings is 1. The van der Waals surface area contributed by atoms with Crippen LogP contribution >= 0.6 is 0 Å². The van der Waals surface area contributed by atoms with Crippen molar-refractivity contribution in [1.82, 2.24) is 10.5 Å². The van der Waals surface area contributed by atoms with Crippen LogP contribution in [0.1, 0.15) is 47.0 Å². The molecule has 0 saturated carbocycles. The zero-order valence-corrected chi connectivity index (χ0v) is 19.1. The second-order valence-corrected chi connectivity index (χ2v) is 7.86. The fourth-order valence-corrected chi connectivity index (χ4v) is 3.86. The van der Waals surface area contributed by atoms with Gasteiger partial charge in [0.2, 0.25) is 0 Å². The summed E-state index contributed by atoms with van der Waals surface area (Å²) < 4.78 is 11.0. The van der Waals surface area contributed by atoms with E-state index in [0.717, 1.165) is 16.8 Å². The van der Waals surface area contributed by atoms with Gasteiger partial charge < -0.3 is 30.0 Å². The van der Waals surface area contributed by atoms with Crippen molar-refractivity contribution in [1.29, 1.82) is 0 Å². The molecule has 0 bridgehead atoms. The number of nitrogens with zero attached hydrogens (tertiary/aromatic N) is 1. The second kappa shape index (κ2) is 8.89. The summed E-state index contributed by atoms with van der Waals surface area (Å²) in [6.07, 6.45) is 2.15. The molecule has 176 valence electrons. The van der Waals surface area contributed by atoms with Crippen LogP contribution in [0.15, 0.2) is 49.1 Å². The summed E-state index contributed by atoms with van der Waals surface area (Å²) in [7, 11) is 1.44. The minimum atomic E-state index is -0.724. The smallest absolute Gasteiger partial charge is 0.254 e. The van der Waals surface area contributed by atoms with Crippen LogP contribution in [0.4, 0.5) is 17.1 Å². The monoisotopic (exact) mass is 464 g/mol. The number of aryl methyl sites for hydroxylation is 2. The fourth-order valence-electron chi connectivity index (χ4n) is 3.86. The van der Waals surface area contributed by atoms with Gasteiger partial charge in [-0.3, -0.25) is 14.4 Å². The van der Waals surface area contributed by atoms with Gasteiger partial charge in [-0.1, -0.05) is 18.1 Å². The molecule has 0 fully saturated rings. The molecule has 4 rings (SSSR count). The Morgan fingerprint density at radius 1 is 1.18 bits per heavy atom. The average molecular weight is 464 g/mol. The number of para-hydroxylation sites is 1. The molecule has 34 heavy (non-hydrogen) atoms. The van der Waals surface area contributed by atoms with Crippen LogP contribution in [-0.2, 0) is 0 Å². The number of anilines is 3. The standard InChI is InChI=1S/C24H24N4O6/c1-5-15(17-9-13(10-33-17)18-11(2)28-34-12(18)3)26-19-20(23(31)22(19)30)27-16-8-6-7-14(21(16)29)24(32)25-4/h6-10,15,26-27,29H,5H2,1-4H3,(H,25,32). The third kappa shape index (κ3) is 3.83. The number of rotatable bonds is 8. The molecular weight excluding hydrogens is 440 g/mol. The molecule has 2 aromatic carbocycles. The summed E-state index contributed by atoms with van der Waals surface area (Å²) >= 11 is 0. The summed E-state index contributed by atoms with van der Waals surface area (Å²) in [6.45, 7) is 5.56. The van der Waals surface area contributed by atoms with Crippen molar-refractivity contribution in [3.63, 3.8) is 0 Å². The van der Waals surface area contributed by atoms with Gasteiger partial charge >= 0.3 is 0 Å². The van der Waals surface area contributed by atoms with Gasteiger partial charge in [0.1, 0.15) is 22.9 Å². The number of aromatic hydroxyl groups is 1. The van der Waals surface area contributed by atoms with E-state index in [0.29, 0.717) is 17.9 Å². The molecule has 0 saturated heterocycles. The van der Waals surface area contributed by atoms with Crippen molar-refractivity contribution in [2.75, 3.05) is 17.7 Å². The van der Waals surface area contributed by atoms with Crippen molar-refractivity contribution < 1.29 is 18.8 Å². The number of carbonyl (C=O) groups is 1. The zero-order chi connectivity index (χ0) is 24.6. The Labute approximate surface area is 194 Å². The van der Waals surface area contributed by atoms with Crippen LogP contribution < -0.4 is 26.8 Å². The number of phenols is 1. The van der Waals surface area contributed by atoms with Crippen LogP contribution in [0.3, 0.4) is 0 Å². The molecule has 0 aliphatic rings. The van der Waals surface area contributed by atoms with Gasteiger partial charge in [0, 0.05) is 12.6 Å². The normalized spacial score (nSPS) is 12.0. The Balaban J connectivity index is 1.61. The number of benzene rings is 1. The van der Waals surface area contributed by atoms with E-state index >= 15 is 0 Å². The highest BCUT2D eigenvalue weighted by atomic mass is 16.5. The highest BCUT2D eigenvalue weighted by Crippen LogP contribution is 2.35. The number of aromatic nitrogens is 1. The van der Waals surface area contributed by atoms with Gasteiger partial charge in [0.05, 0.1) is 34.8 Å². The second-order valence-electron chi connectivity index (χ2n) is 7.86. The van der Waals surface area contributed by atoms with Crippen molar-refractivity contribution >= 4 is 23.0 Å². The van der Waals surface area contributed by atoms with Crippen LogP contribution in [0, 0.1) is 13.8 Å². The summed E-state index contributed by atoms with van der Waals surface area (Å²) in [5.74, 6) is 0.421. The molecular formula is C24H24N4O6. The minimum Gasteiger partial charge on any atom is -0.505 e. The minimum absolute atomic E-state index is 0.00492. The molecule has 4 N–H and O–H groups in total.